The molecular formula is C6H8N+. The van der Waals surface area contributed by atoms with Crippen molar-refractivity contribution in [2.75, 3.05) is 0 Å². The Morgan fingerprint density at radius 3 is 2.43 bits per heavy atom. The van der Waals surface area contributed by atoms with Crippen molar-refractivity contribution < 1.29 is 4.58 Å². The van der Waals surface area contributed by atoms with Gasteiger partial charge in [-0.05, 0) is 0 Å². The maximum atomic E-state index is 3.05. The molecule has 36 valence electrons. The molecule has 0 aromatic carbocycles. The van der Waals surface area contributed by atoms with Crippen LogP contribution in [-0.4, -0.2) is 16.0 Å². The summed E-state index contributed by atoms with van der Waals surface area (Å²) in [5, 5.41) is 0. The van der Waals surface area contributed by atoms with E-state index in [1.165, 1.54) is 12.8 Å². The lowest BCUT2D eigenvalue weighted by Crippen LogP contribution is -2.09. The second-order valence-corrected chi connectivity index (χ2v) is 2.63. The number of hydrogen-bond acceptors (Lipinski definition) is 0. The van der Waals surface area contributed by atoms with Gasteiger partial charge in [-0.25, -0.2) is 0 Å². The standard InChI is InChI=1S/C6H8N/c1-6(2-3-6)7-4-5-7/h4H,2-3H2,1H3/q+1. The van der Waals surface area contributed by atoms with Gasteiger partial charge in [0.05, 0.1) is 0 Å². The van der Waals surface area contributed by atoms with Gasteiger partial charge in [-0.2, -0.15) is 0 Å². The molecule has 0 atom stereocenters. The first-order valence-corrected chi connectivity index (χ1v) is 2.70. The number of rotatable bonds is 1. The van der Waals surface area contributed by atoms with E-state index >= 15 is 0 Å². The van der Waals surface area contributed by atoms with E-state index in [0.717, 1.165) is 0 Å². The minimum absolute atomic E-state index is 0.528. The van der Waals surface area contributed by atoms with Crippen LogP contribution in [0.5, 0.6) is 0 Å². The lowest BCUT2D eigenvalue weighted by atomic mass is 10.3. The average molecular weight is 94.1 g/mol. The van der Waals surface area contributed by atoms with Crippen molar-refractivity contribution in [1.82, 2.24) is 0 Å². The molecule has 0 N–H and O–H groups in total. The van der Waals surface area contributed by atoms with Crippen molar-refractivity contribution >= 4 is 5.87 Å². The zero-order valence-corrected chi connectivity index (χ0v) is 4.44. The summed E-state index contributed by atoms with van der Waals surface area (Å²) in [5.74, 6) is 3.05. The Hall–Kier alpha value is -0.550. The molecule has 2 aliphatic rings. The average Bonchev–Trinajstić information content (AvgIpc) is 2.14. The Kier molecular flexibility index (Phi) is 0.343. The summed E-state index contributed by atoms with van der Waals surface area (Å²) in [5.41, 5.74) is 0.528. The maximum absolute atomic E-state index is 3.05. The third-order valence-corrected chi connectivity index (χ3v) is 1.81. The Morgan fingerprint density at radius 1 is 1.71 bits per heavy atom. The first-order valence-electron chi connectivity index (χ1n) is 2.70. The van der Waals surface area contributed by atoms with Crippen LogP contribution in [0.1, 0.15) is 19.8 Å². The molecule has 1 heterocycles. The highest BCUT2D eigenvalue weighted by Crippen LogP contribution is 2.39. The second kappa shape index (κ2) is 0.696. The summed E-state index contributed by atoms with van der Waals surface area (Å²) in [4.78, 5) is 0. The molecule has 2 rings (SSSR count). The van der Waals surface area contributed by atoms with Gasteiger partial charge < -0.3 is 0 Å². The summed E-state index contributed by atoms with van der Waals surface area (Å²) >= 11 is 0. The highest BCUT2D eigenvalue weighted by Gasteiger charge is 2.51. The Labute approximate surface area is 43.0 Å². The zero-order valence-electron chi connectivity index (χ0n) is 4.44. The van der Waals surface area contributed by atoms with Gasteiger partial charge in [-0.3, -0.25) is 0 Å². The van der Waals surface area contributed by atoms with Gasteiger partial charge in [0.15, 0.2) is 5.54 Å². The smallest absolute Gasteiger partial charge is 0.134 e. The van der Waals surface area contributed by atoms with Crippen molar-refractivity contribution in [2.24, 2.45) is 0 Å². The van der Waals surface area contributed by atoms with Gasteiger partial charge in [0.2, 0.25) is 5.87 Å². The number of hydrogen-bond donors (Lipinski definition) is 0. The normalized spacial score (nSPS) is 29.6. The molecule has 1 fully saturated rings. The molecule has 0 spiro atoms. The molecular weight excluding hydrogens is 86.1 g/mol. The molecule has 0 unspecified atom stereocenters. The van der Waals surface area contributed by atoms with Crippen molar-refractivity contribution in [3.05, 3.63) is 6.20 Å². The molecule has 1 nitrogen and oxygen atoms in total. The van der Waals surface area contributed by atoms with Crippen LogP contribution in [0.3, 0.4) is 0 Å². The molecule has 1 aliphatic heterocycles. The fourth-order valence-electron chi connectivity index (χ4n) is 0.762. The third kappa shape index (κ3) is 0.359. The third-order valence-electron chi connectivity index (χ3n) is 1.81. The monoisotopic (exact) mass is 94.1 g/mol. The molecule has 0 aromatic rings. The predicted molar refractivity (Wildman–Crippen MR) is 27.5 cm³/mol. The SMILES string of the molecule is CC1([N+]2=C=C2)CC1. The largest absolute Gasteiger partial charge is 0.287 e. The van der Waals surface area contributed by atoms with Crippen LogP contribution in [-0.2, 0) is 0 Å². The minimum Gasteiger partial charge on any atom is -0.134 e. The summed E-state index contributed by atoms with van der Waals surface area (Å²) in [6, 6.07) is 0. The van der Waals surface area contributed by atoms with E-state index in [2.05, 4.69) is 17.4 Å². The van der Waals surface area contributed by atoms with E-state index in [4.69, 9.17) is 0 Å². The molecule has 1 heteroatoms. The van der Waals surface area contributed by atoms with Crippen molar-refractivity contribution in [1.29, 1.82) is 0 Å². The summed E-state index contributed by atoms with van der Waals surface area (Å²) in [6.45, 7) is 2.27. The predicted octanol–water partition coefficient (Wildman–Crippen LogP) is 0.748. The molecule has 1 aliphatic carbocycles. The fourth-order valence-corrected chi connectivity index (χ4v) is 0.762. The van der Waals surface area contributed by atoms with E-state index in [1.807, 2.05) is 6.20 Å². The molecule has 0 amide bonds. The van der Waals surface area contributed by atoms with Crippen LogP contribution in [0.4, 0.5) is 0 Å². The second-order valence-electron chi connectivity index (χ2n) is 2.63. The maximum Gasteiger partial charge on any atom is 0.287 e. The van der Waals surface area contributed by atoms with Gasteiger partial charge in [0.1, 0.15) is 0 Å². The highest BCUT2D eigenvalue weighted by molar-refractivity contribution is 5.53. The lowest BCUT2D eigenvalue weighted by molar-refractivity contribution is -0.467. The van der Waals surface area contributed by atoms with E-state index in [9.17, 15) is 0 Å². The van der Waals surface area contributed by atoms with E-state index < -0.39 is 0 Å². The molecule has 0 radical (unpaired) electrons. The first kappa shape index (κ1) is 3.45. The fraction of sp³-hybridized carbons (Fsp3) is 0.667. The van der Waals surface area contributed by atoms with Crippen molar-refractivity contribution in [3.63, 3.8) is 0 Å². The van der Waals surface area contributed by atoms with Gasteiger partial charge in [0, 0.05) is 19.8 Å². The van der Waals surface area contributed by atoms with Crippen LogP contribution in [0.15, 0.2) is 6.20 Å². The van der Waals surface area contributed by atoms with E-state index in [0.29, 0.717) is 5.54 Å². The van der Waals surface area contributed by atoms with Gasteiger partial charge in [-0.1, -0.05) is 0 Å². The van der Waals surface area contributed by atoms with E-state index in [-0.39, 0.29) is 0 Å². The Bertz CT molecular complexity index is 169. The number of nitrogens with zero attached hydrogens (tertiary/aromatic N) is 1. The summed E-state index contributed by atoms with van der Waals surface area (Å²) in [7, 11) is 0. The van der Waals surface area contributed by atoms with Crippen LogP contribution in [0.25, 0.3) is 0 Å². The first-order chi connectivity index (χ1) is 3.31. The molecule has 1 saturated carbocycles. The molecule has 7 heavy (non-hydrogen) atoms. The van der Waals surface area contributed by atoms with Crippen LogP contribution in [0.2, 0.25) is 0 Å². The van der Waals surface area contributed by atoms with Gasteiger partial charge in [-0.15, -0.1) is 4.58 Å². The van der Waals surface area contributed by atoms with Gasteiger partial charge in [0.25, 0.3) is 6.20 Å². The summed E-state index contributed by atoms with van der Waals surface area (Å²) in [6.07, 6.45) is 4.74. The van der Waals surface area contributed by atoms with Crippen LogP contribution >= 0.6 is 0 Å². The van der Waals surface area contributed by atoms with Crippen molar-refractivity contribution in [2.45, 2.75) is 25.3 Å². The molecule has 0 aromatic heterocycles. The van der Waals surface area contributed by atoms with Crippen LogP contribution < -0.4 is 0 Å². The Balaban J connectivity index is 2.20. The van der Waals surface area contributed by atoms with Crippen molar-refractivity contribution in [3.8, 4) is 0 Å². The zero-order chi connectivity index (χ0) is 4.91. The minimum atomic E-state index is 0.528. The molecule has 0 saturated heterocycles. The highest BCUT2D eigenvalue weighted by atomic mass is 15.2. The van der Waals surface area contributed by atoms with Gasteiger partial charge >= 0.3 is 0 Å². The Morgan fingerprint density at radius 2 is 2.29 bits per heavy atom. The van der Waals surface area contributed by atoms with Crippen LogP contribution in [0, 0.1) is 0 Å². The topological polar surface area (TPSA) is 3.01 Å². The molecule has 0 bridgehead atoms. The summed E-state index contributed by atoms with van der Waals surface area (Å²) < 4.78 is 2.17. The quantitative estimate of drug-likeness (QED) is 0.422. The lowest BCUT2D eigenvalue weighted by Gasteiger charge is -1.88. The van der Waals surface area contributed by atoms with E-state index in [1.54, 1.807) is 0 Å².